The van der Waals surface area contributed by atoms with Crippen LogP contribution in [-0.4, -0.2) is 35.5 Å². The quantitative estimate of drug-likeness (QED) is 0.671. The number of aliphatic hydroxyl groups excluding tert-OH is 2. The van der Waals surface area contributed by atoms with E-state index in [-0.39, 0.29) is 23.6 Å². The van der Waals surface area contributed by atoms with E-state index in [9.17, 15) is 15.0 Å². The zero-order valence-electron chi connectivity index (χ0n) is 18.9. The number of ether oxygens (including phenoxy) is 1. The van der Waals surface area contributed by atoms with Gasteiger partial charge in [0.05, 0.1) is 19.3 Å². The van der Waals surface area contributed by atoms with Crippen LogP contribution in [0.25, 0.3) is 0 Å². The Morgan fingerprint density at radius 1 is 1.03 bits per heavy atom. The number of carbonyl (C=O) groups is 1. The van der Waals surface area contributed by atoms with E-state index in [2.05, 4.69) is 20.8 Å². The lowest BCUT2D eigenvalue weighted by molar-refractivity contribution is -0.174. The van der Waals surface area contributed by atoms with E-state index in [0.29, 0.717) is 47.3 Å². The first-order chi connectivity index (χ1) is 13.7. The summed E-state index contributed by atoms with van der Waals surface area (Å²) < 4.78 is 4.86. The van der Waals surface area contributed by atoms with Crippen LogP contribution in [0.3, 0.4) is 0 Å². The molecule has 166 valence electrons. The fourth-order valence-electron chi connectivity index (χ4n) is 8.82. The molecule has 0 radical (unpaired) electrons. The summed E-state index contributed by atoms with van der Waals surface area (Å²) in [7, 11) is 1.48. The second-order valence-electron chi connectivity index (χ2n) is 11.5. The first kappa shape index (κ1) is 21.6. The molecule has 4 saturated carbocycles. The lowest BCUT2D eigenvalue weighted by Crippen LogP contribution is -2.58. The zero-order valence-corrected chi connectivity index (χ0v) is 18.9. The van der Waals surface area contributed by atoms with Crippen molar-refractivity contribution in [2.75, 3.05) is 7.11 Å². The van der Waals surface area contributed by atoms with Gasteiger partial charge in [-0.3, -0.25) is 4.79 Å². The third-order valence-electron chi connectivity index (χ3n) is 10.4. The van der Waals surface area contributed by atoms with Gasteiger partial charge < -0.3 is 14.9 Å². The van der Waals surface area contributed by atoms with Crippen LogP contribution in [0.2, 0.25) is 0 Å². The number of rotatable bonds is 4. The summed E-state index contributed by atoms with van der Waals surface area (Å²) in [4.78, 5) is 11.6. The van der Waals surface area contributed by atoms with Gasteiger partial charge in [-0.15, -0.1) is 0 Å². The second-order valence-corrected chi connectivity index (χ2v) is 11.5. The molecule has 0 amide bonds. The number of aliphatic hydroxyl groups is 2. The molecular weight excluding hydrogens is 364 g/mol. The molecule has 0 aliphatic heterocycles. The Kier molecular flexibility index (Phi) is 5.83. The van der Waals surface area contributed by atoms with Crippen molar-refractivity contribution in [3.05, 3.63) is 0 Å². The summed E-state index contributed by atoms with van der Waals surface area (Å²) in [5, 5.41) is 21.5. The highest BCUT2D eigenvalue weighted by Gasteiger charge is 2.62. The van der Waals surface area contributed by atoms with E-state index >= 15 is 0 Å². The summed E-state index contributed by atoms with van der Waals surface area (Å²) >= 11 is 0. The highest BCUT2D eigenvalue weighted by molar-refractivity contribution is 5.69. The van der Waals surface area contributed by atoms with Crippen molar-refractivity contribution in [2.45, 2.75) is 97.2 Å². The molecule has 0 spiro atoms. The van der Waals surface area contributed by atoms with Crippen LogP contribution in [0, 0.1) is 46.3 Å². The Hall–Kier alpha value is -0.610. The van der Waals surface area contributed by atoms with Gasteiger partial charge in [0, 0.05) is 6.42 Å². The van der Waals surface area contributed by atoms with Crippen molar-refractivity contribution in [3.8, 4) is 0 Å². The molecule has 4 heteroatoms. The normalized spacial score (nSPS) is 50.2. The Morgan fingerprint density at radius 2 is 1.72 bits per heavy atom. The van der Waals surface area contributed by atoms with Crippen LogP contribution >= 0.6 is 0 Å². The number of hydrogen-bond acceptors (Lipinski definition) is 4. The van der Waals surface area contributed by atoms with Gasteiger partial charge in [-0.25, -0.2) is 0 Å². The third kappa shape index (κ3) is 3.46. The van der Waals surface area contributed by atoms with Gasteiger partial charge in [-0.1, -0.05) is 20.8 Å². The van der Waals surface area contributed by atoms with Gasteiger partial charge in [0.2, 0.25) is 0 Å². The smallest absolute Gasteiger partial charge is 0.305 e. The highest BCUT2D eigenvalue weighted by atomic mass is 16.5. The van der Waals surface area contributed by atoms with Crippen molar-refractivity contribution in [1.82, 2.24) is 0 Å². The minimum atomic E-state index is -0.211. The molecule has 10 atom stereocenters. The van der Waals surface area contributed by atoms with Crippen LogP contribution in [-0.2, 0) is 9.53 Å². The molecule has 0 aromatic heterocycles. The Balaban J connectivity index is 1.53. The molecule has 2 N–H and O–H groups in total. The molecule has 0 heterocycles. The second kappa shape index (κ2) is 7.82. The van der Waals surface area contributed by atoms with Crippen LogP contribution in [0.15, 0.2) is 0 Å². The number of fused-ring (bicyclic) bond motifs is 5. The number of carbonyl (C=O) groups excluding carboxylic acids is 1. The maximum atomic E-state index is 11.6. The van der Waals surface area contributed by atoms with E-state index in [4.69, 9.17) is 4.74 Å². The highest BCUT2D eigenvalue weighted by Crippen LogP contribution is 2.68. The van der Waals surface area contributed by atoms with Crippen molar-refractivity contribution < 1.29 is 19.7 Å². The van der Waals surface area contributed by atoms with E-state index in [1.165, 1.54) is 32.8 Å². The summed E-state index contributed by atoms with van der Waals surface area (Å²) in [5.41, 5.74) is 0.577. The first-order valence-corrected chi connectivity index (χ1v) is 12.1. The molecule has 4 fully saturated rings. The van der Waals surface area contributed by atoms with E-state index in [1.807, 2.05) is 0 Å². The van der Waals surface area contributed by atoms with E-state index in [0.717, 1.165) is 32.1 Å². The zero-order chi connectivity index (χ0) is 21.0. The van der Waals surface area contributed by atoms with Crippen LogP contribution in [0.4, 0.5) is 0 Å². The first-order valence-electron chi connectivity index (χ1n) is 12.1. The molecular formula is C25H42O4. The average Bonchev–Trinajstić information content (AvgIpc) is 3.04. The summed E-state index contributed by atoms with van der Waals surface area (Å²) in [6.45, 7) is 7.29. The fourth-order valence-corrected chi connectivity index (χ4v) is 8.82. The minimum Gasteiger partial charge on any atom is -0.469 e. The Bertz CT molecular complexity index is 620. The predicted octanol–water partition coefficient (Wildman–Crippen LogP) is 4.57. The predicted molar refractivity (Wildman–Crippen MR) is 113 cm³/mol. The van der Waals surface area contributed by atoms with Crippen LogP contribution in [0.5, 0.6) is 0 Å². The molecule has 29 heavy (non-hydrogen) atoms. The molecule has 4 rings (SSSR count). The van der Waals surface area contributed by atoms with Gasteiger partial charge in [-0.2, -0.15) is 0 Å². The molecule has 4 nitrogen and oxygen atoms in total. The molecule has 0 aromatic rings. The lowest BCUT2D eigenvalue weighted by atomic mass is 9.43. The lowest BCUT2D eigenvalue weighted by Gasteiger charge is -2.62. The molecule has 0 saturated heterocycles. The molecule has 0 bridgehead atoms. The van der Waals surface area contributed by atoms with E-state index < -0.39 is 0 Å². The number of methoxy groups -OCH3 is 1. The van der Waals surface area contributed by atoms with Crippen LogP contribution in [0.1, 0.15) is 85.0 Å². The maximum absolute atomic E-state index is 11.6. The minimum absolute atomic E-state index is 0.0959. The monoisotopic (exact) mass is 406 g/mol. The third-order valence-corrected chi connectivity index (χ3v) is 10.4. The van der Waals surface area contributed by atoms with Crippen LogP contribution < -0.4 is 0 Å². The summed E-state index contributed by atoms with van der Waals surface area (Å²) in [6.07, 6.45) is 9.80. The summed E-state index contributed by atoms with van der Waals surface area (Å²) in [6, 6.07) is 0. The van der Waals surface area contributed by atoms with E-state index in [1.54, 1.807) is 0 Å². The molecule has 0 aromatic carbocycles. The summed E-state index contributed by atoms with van der Waals surface area (Å²) in [5.74, 6) is 3.17. The van der Waals surface area contributed by atoms with Gasteiger partial charge >= 0.3 is 5.97 Å². The Labute approximate surface area is 176 Å². The Morgan fingerprint density at radius 3 is 2.45 bits per heavy atom. The van der Waals surface area contributed by atoms with Crippen molar-refractivity contribution >= 4 is 5.97 Å². The molecule has 4 aliphatic carbocycles. The standard InChI is InChI=1S/C25H42O4/c1-15(5-8-22(28)29-4)18-6-7-19-23-20(10-12-25(18,19)3)24(2)11-9-17(26)13-16(24)14-21(23)27/h15-21,23,26-27H,5-14H2,1-4H3/t15-,16+,17-,18+,19-,20-,21+,23-,24-,25+/m0/s1. The molecule has 4 aliphatic rings. The van der Waals surface area contributed by atoms with Gasteiger partial charge in [-0.05, 0) is 104 Å². The van der Waals surface area contributed by atoms with Crippen molar-refractivity contribution in [2.24, 2.45) is 46.3 Å². The average molecular weight is 407 g/mol. The maximum Gasteiger partial charge on any atom is 0.305 e. The topological polar surface area (TPSA) is 66.8 Å². The van der Waals surface area contributed by atoms with Gasteiger partial charge in [0.15, 0.2) is 0 Å². The fraction of sp³-hybridized carbons (Fsp3) is 0.960. The van der Waals surface area contributed by atoms with Crippen molar-refractivity contribution in [1.29, 1.82) is 0 Å². The molecule has 0 unspecified atom stereocenters. The number of esters is 1. The largest absolute Gasteiger partial charge is 0.469 e. The van der Waals surface area contributed by atoms with Gasteiger partial charge in [0.25, 0.3) is 0 Å². The number of hydrogen-bond donors (Lipinski definition) is 2. The van der Waals surface area contributed by atoms with Gasteiger partial charge in [0.1, 0.15) is 0 Å². The van der Waals surface area contributed by atoms with Crippen molar-refractivity contribution in [3.63, 3.8) is 0 Å². The SMILES string of the molecule is COC(=O)CC[C@H](C)[C@H]1CC[C@H]2[C@@H]3[C@H](O)C[C@H]4C[C@@H](O)CC[C@]4(C)[C@H]3CC[C@]12C.